The SMILES string of the molecule is OCc1ccc(CN2CCc3cc(Nc4ncc(C(F)(F)F)c(N5OCC[C@H]5c5ccccc5)n4)ccc3C2)cc1. The molecule has 7 nitrogen and oxygen atoms in total. The Morgan fingerprint density at radius 3 is 2.51 bits per heavy atom. The van der Waals surface area contributed by atoms with Crippen molar-refractivity contribution in [3.05, 3.63) is 112 Å². The molecule has 41 heavy (non-hydrogen) atoms. The first-order valence-electron chi connectivity index (χ1n) is 13.6. The number of nitrogens with zero attached hydrogens (tertiary/aromatic N) is 4. The predicted molar refractivity (Wildman–Crippen MR) is 149 cm³/mol. The summed E-state index contributed by atoms with van der Waals surface area (Å²) in [6, 6.07) is 22.9. The molecule has 2 aliphatic heterocycles. The second-order valence-electron chi connectivity index (χ2n) is 10.3. The summed E-state index contributed by atoms with van der Waals surface area (Å²) in [6.07, 6.45) is -2.43. The molecule has 0 saturated carbocycles. The van der Waals surface area contributed by atoms with E-state index in [4.69, 9.17) is 4.84 Å². The molecule has 6 rings (SSSR count). The highest BCUT2D eigenvalue weighted by Gasteiger charge is 2.40. The molecule has 2 aliphatic rings. The number of rotatable bonds is 7. The van der Waals surface area contributed by atoms with Crippen LogP contribution in [-0.4, -0.2) is 33.1 Å². The maximum absolute atomic E-state index is 14.0. The number of anilines is 3. The average molecular weight is 562 g/mol. The van der Waals surface area contributed by atoms with Gasteiger partial charge in [-0.3, -0.25) is 9.74 Å². The Morgan fingerprint density at radius 1 is 0.976 bits per heavy atom. The van der Waals surface area contributed by atoms with Gasteiger partial charge in [0.1, 0.15) is 5.56 Å². The van der Waals surface area contributed by atoms with Crippen molar-refractivity contribution in [3.63, 3.8) is 0 Å². The Kier molecular flexibility index (Phi) is 7.61. The van der Waals surface area contributed by atoms with E-state index in [2.05, 4.69) is 20.2 Å². The number of nitrogens with one attached hydrogen (secondary N) is 1. The number of fused-ring (bicyclic) bond motifs is 1. The Hall–Kier alpha value is -3.99. The smallest absolute Gasteiger partial charge is 0.392 e. The van der Waals surface area contributed by atoms with Gasteiger partial charge in [-0.15, -0.1) is 0 Å². The first-order valence-corrected chi connectivity index (χ1v) is 13.6. The molecule has 0 unspecified atom stereocenters. The number of aliphatic hydroxyl groups is 1. The molecule has 1 aromatic heterocycles. The summed E-state index contributed by atoms with van der Waals surface area (Å²) >= 11 is 0. The van der Waals surface area contributed by atoms with E-state index >= 15 is 0 Å². The fourth-order valence-corrected chi connectivity index (χ4v) is 5.42. The van der Waals surface area contributed by atoms with Gasteiger partial charge in [0.05, 0.1) is 19.3 Å². The zero-order valence-electron chi connectivity index (χ0n) is 22.3. The average Bonchev–Trinajstić information content (AvgIpc) is 3.48. The molecule has 1 fully saturated rings. The van der Waals surface area contributed by atoms with Gasteiger partial charge in [-0.1, -0.05) is 60.7 Å². The molecule has 10 heteroatoms. The van der Waals surface area contributed by atoms with Crippen LogP contribution in [0.15, 0.2) is 79.0 Å². The third-order valence-corrected chi connectivity index (χ3v) is 7.54. The number of hydrogen-bond acceptors (Lipinski definition) is 7. The van der Waals surface area contributed by atoms with E-state index in [0.29, 0.717) is 18.7 Å². The highest BCUT2D eigenvalue weighted by molar-refractivity contribution is 5.59. The normalized spacial score (nSPS) is 17.5. The molecule has 4 aromatic rings. The molecular weight excluding hydrogens is 531 g/mol. The van der Waals surface area contributed by atoms with Crippen LogP contribution < -0.4 is 10.4 Å². The van der Waals surface area contributed by atoms with E-state index in [1.807, 2.05) is 72.8 Å². The fraction of sp³-hybridized carbons (Fsp3) is 0.290. The lowest BCUT2D eigenvalue weighted by Crippen LogP contribution is -2.30. The Labute approximate surface area is 236 Å². The molecule has 212 valence electrons. The molecule has 1 atom stereocenters. The minimum absolute atomic E-state index is 0.0345. The first kappa shape index (κ1) is 27.2. The number of aromatic nitrogens is 2. The third kappa shape index (κ3) is 6.04. The zero-order valence-corrected chi connectivity index (χ0v) is 22.3. The number of halogens is 3. The summed E-state index contributed by atoms with van der Waals surface area (Å²) in [5.41, 5.74) is 5.10. The highest BCUT2D eigenvalue weighted by atomic mass is 19.4. The monoisotopic (exact) mass is 561 g/mol. The van der Waals surface area contributed by atoms with E-state index in [9.17, 15) is 18.3 Å². The molecule has 2 N–H and O–H groups in total. The van der Waals surface area contributed by atoms with Crippen LogP contribution in [-0.2, 0) is 37.1 Å². The Balaban J connectivity index is 1.20. The van der Waals surface area contributed by atoms with Gasteiger partial charge in [0, 0.05) is 37.9 Å². The van der Waals surface area contributed by atoms with Crippen molar-refractivity contribution in [2.75, 3.05) is 23.5 Å². The van der Waals surface area contributed by atoms with Gasteiger partial charge < -0.3 is 10.4 Å². The van der Waals surface area contributed by atoms with Gasteiger partial charge in [-0.2, -0.15) is 18.2 Å². The quantitative estimate of drug-likeness (QED) is 0.280. The molecular formula is C31H30F3N5O2. The second kappa shape index (κ2) is 11.5. The van der Waals surface area contributed by atoms with Crippen LogP contribution in [0.25, 0.3) is 0 Å². The van der Waals surface area contributed by atoms with Crippen LogP contribution in [0.5, 0.6) is 0 Å². The van der Waals surface area contributed by atoms with Gasteiger partial charge >= 0.3 is 6.18 Å². The Morgan fingerprint density at radius 2 is 1.76 bits per heavy atom. The molecule has 0 aliphatic carbocycles. The molecule has 3 heterocycles. The minimum Gasteiger partial charge on any atom is -0.392 e. The van der Waals surface area contributed by atoms with Crippen molar-refractivity contribution in [3.8, 4) is 0 Å². The second-order valence-corrected chi connectivity index (χ2v) is 10.3. The maximum Gasteiger partial charge on any atom is 0.421 e. The Bertz CT molecular complexity index is 1500. The van der Waals surface area contributed by atoms with Crippen molar-refractivity contribution in [2.24, 2.45) is 0 Å². The lowest BCUT2D eigenvalue weighted by Gasteiger charge is -2.29. The van der Waals surface area contributed by atoms with Crippen LogP contribution in [0.3, 0.4) is 0 Å². The molecule has 0 spiro atoms. The lowest BCUT2D eigenvalue weighted by atomic mass is 9.98. The number of hydrogen-bond donors (Lipinski definition) is 2. The van der Waals surface area contributed by atoms with Crippen LogP contribution >= 0.6 is 0 Å². The van der Waals surface area contributed by atoms with E-state index in [1.54, 1.807) is 0 Å². The molecule has 0 bridgehead atoms. The van der Waals surface area contributed by atoms with Gasteiger partial charge in [-0.05, 0) is 46.4 Å². The largest absolute Gasteiger partial charge is 0.421 e. The van der Waals surface area contributed by atoms with Crippen molar-refractivity contribution >= 4 is 17.5 Å². The van der Waals surface area contributed by atoms with Crippen molar-refractivity contribution in [1.29, 1.82) is 0 Å². The van der Waals surface area contributed by atoms with Gasteiger partial charge in [-0.25, -0.2) is 10.0 Å². The van der Waals surface area contributed by atoms with E-state index in [-0.39, 0.29) is 24.4 Å². The summed E-state index contributed by atoms with van der Waals surface area (Å²) < 4.78 is 42.0. The van der Waals surface area contributed by atoms with Crippen LogP contribution in [0.2, 0.25) is 0 Å². The van der Waals surface area contributed by atoms with Gasteiger partial charge in [0.25, 0.3) is 0 Å². The van der Waals surface area contributed by atoms with Crippen molar-refractivity contribution in [1.82, 2.24) is 14.9 Å². The van der Waals surface area contributed by atoms with Gasteiger partial charge in [0.2, 0.25) is 5.95 Å². The molecule has 3 aromatic carbocycles. The lowest BCUT2D eigenvalue weighted by molar-refractivity contribution is -0.138. The van der Waals surface area contributed by atoms with Crippen LogP contribution in [0, 0.1) is 0 Å². The standard InChI is InChI=1S/C31H30F3N5O2/c32-31(33,34)27-17-35-30(37-29(27)39-28(13-15-41-39)23-4-2-1-3-5-23)36-26-11-10-25-19-38(14-12-24(25)16-26)18-21-6-8-22(20-40)9-7-21/h1-11,16-17,28,40H,12-15,18-20H2,(H,35,36,37)/t28-/m0/s1. The third-order valence-electron chi connectivity index (χ3n) is 7.54. The van der Waals surface area contributed by atoms with Gasteiger partial charge in [0.15, 0.2) is 5.82 Å². The molecule has 0 amide bonds. The summed E-state index contributed by atoms with van der Waals surface area (Å²) in [6.45, 7) is 2.82. The van der Waals surface area contributed by atoms with Crippen molar-refractivity contribution in [2.45, 2.75) is 44.8 Å². The number of hydroxylamine groups is 1. The summed E-state index contributed by atoms with van der Waals surface area (Å²) in [4.78, 5) is 16.4. The van der Waals surface area contributed by atoms with E-state index < -0.39 is 11.7 Å². The van der Waals surface area contributed by atoms with E-state index in [0.717, 1.165) is 43.4 Å². The number of benzene rings is 3. The van der Waals surface area contributed by atoms with Crippen LogP contribution in [0.1, 0.15) is 45.8 Å². The number of aliphatic hydroxyl groups excluding tert-OH is 1. The molecule has 1 saturated heterocycles. The van der Waals surface area contributed by atoms with Crippen molar-refractivity contribution < 1.29 is 23.1 Å². The van der Waals surface area contributed by atoms with Crippen LogP contribution in [0.4, 0.5) is 30.6 Å². The van der Waals surface area contributed by atoms with E-state index in [1.165, 1.54) is 21.8 Å². The predicted octanol–water partition coefficient (Wildman–Crippen LogP) is 6.17. The number of alkyl halides is 3. The summed E-state index contributed by atoms with van der Waals surface area (Å²) in [7, 11) is 0. The summed E-state index contributed by atoms with van der Waals surface area (Å²) in [5.74, 6) is -0.235. The highest BCUT2D eigenvalue weighted by Crippen LogP contribution is 2.41. The minimum atomic E-state index is -4.64. The first-order chi connectivity index (χ1) is 19.9. The summed E-state index contributed by atoms with van der Waals surface area (Å²) in [5, 5.41) is 13.6. The maximum atomic E-state index is 14.0. The molecule has 0 radical (unpaired) electrons. The topological polar surface area (TPSA) is 73.8 Å². The fourth-order valence-electron chi connectivity index (χ4n) is 5.42. The zero-order chi connectivity index (χ0) is 28.4.